The van der Waals surface area contributed by atoms with E-state index in [1.54, 1.807) is 18.3 Å². The number of hydrogen-bond donors (Lipinski definition) is 7. The van der Waals surface area contributed by atoms with Crippen LogP contribution in [0.1, 0.15) is 29.7 Å². The first-order valence-electron chi connectivity index (χ1n) is 14.4. The fraction of sp³-hybridized carbons (Fsp3) is 0.323. The number of nitrogens with zero attached hydrogens (tertiary/aromatic N) is 2. The summed E-state index contributed by atoms with van der Waals surface area (Å²) in [6, 6.07) is 9.77. The van der Waals surface area contributed by atoms with E-state index >= 15 is 0 Å². The highest BCUT2D eigenvalue weighted by Crippen LogP contribution is 2.22. The Bertz CT molecular complexity index is 1620. The topological polar surface area (TPSA) is 207 Å². The number of likely N-dealkylation sites (tertiary alicyclic amines) is 1. The third-order valence-electron chi connectivity index (χ3n) is 7.87. The molecule has 1 fully saturated rings. The monoisotopic (exact) mass is 601 g/mol. The normalized spacial score (nSPS) is 16.8. The molecule has 44 heavy (non-hydrogen) atoms. The Kier molecular flexibility index (Phi) is 9.24. The van der Waals surface area contributed by atoms with Gasteiger partial charge in [-0.2, -0.15) is 0 Å². The minimum absolute atomic E-state index is 0.0291. The van der Waals surface area contributed by atoms with E-state index < -0.39 is 42.0 Å². The summed E-state index contributed by atoms with van der Waals surface area (Å²) in [7, 11) is 0. The van der Waals surface area contributed by atoms with Gasteiger partial charge in [0.2, 0.25) is 17.7 Å². The molecule has 0 aliphatic carbocycles. The number of phenolic OH excluding ortho intramolecular Hbond substituents is 1. The number of nitrogens with two attached hydrogens (primary N) is 1. The summed E-state index contributed by atoms with van der Waals surface area (Å²) in [5.41, 5.74) is 9.15. The number of benzene rings is 2. The van der Waals surface area contributed by atoms with Crippen molar-refractivity contribution in [2.24, 2.45) is 5.73 Å². The number of rotatable bonds is 12. The van der Waals surface area contributed by atoms with Crippen LogP contribution in [0.25, 0.3) is 10.9 Å². The lowest BCUT2D eigenvalue weighted by atomic mass is 10.0. The number of carbonyl (C=O) groups excluding carboxylic acids is 3. The number of H-pyrrole nitrogens is 2. The molecule has 13 nitrogen and oxygen atoms in total. The summed E-state index contributed by atoms with van der Waals surface area (Å²) in [6.07, 6.45) is 5.90. The van der Waals surface area contributed by atoms with Crippen molar-refractivity contribution in [1.29, 1.82) is 0 Å². The van der Waals surface area contributed by atoms with Crippen LogP contribution in [0.4, 0.5) is 0 Å². The van der Waals surface area contributed by atoms with Gasteiger partial charge in [0.15, 0.2) is 0 Å². The van der Waals surface area contributed by atoms with E-state index in [1.807, 2.05) is 24.3 Å². The van der Waals surface area contributed by atoms with Gasteiger partial charge < -0.3 is 41.4 Å². The molecule has 3 heterocycles. The number of aliphatic carboxylic acids is 1. The van der Waals surface area contributed by atoms with E-state index in [0.717, 1.165) is 22.0 Å². The van der Waals surface area contributed by atoms with Gasteiger partial charge in [0.1, 0.15) is 23.9 Å². The molecule has 0 saturated carbocycles. The SMILES string of the molecule is NC(Cc1ccc(O)cc1)C(=O)N1CCCC1C(=O)NC(Cc1c[nH]c2ccccc12)C(=O)NC(Cc1cnc[nH]1)C(=O)O. The number of carboxylic acids is 1. The fourth-order valence-electron chi connectivity index (χ4n) is 5.58. The standard InChI is InChI=1S/C31H35N7O6/c32-23(12-18-7-9-21(39)10-8-18)30(42)38-11-3-6-27(38)29(41)36-25(13-19-15-34-24-5-2-1-4-22(19)24)28(40)37-26(31(43)44)14-20-16-33-17-35-20/h1-2,4-5,7-10,15-17,23,25-27,34,39H,3,6,11-14,32H2,(H,33,35)(H,36,41)(H,37,40)(H,43,44). The first-order valence-corrected chi connectivity index (χ1v) is 14.4. The molecule has 1 aliphatic rings. The molecule has 4 atom stereocenters. The number of amides is 3. The Morgan fingerprint density at radius 3 is 2.50 bits per heavy atom. The number of nitrogens with one attached hydrogen (secondary N) is 4. The van der Waals surface area contributed by atoms with Gasteiger partial charge in [0.25, 0.3) is 0 Å². The Balaban J connectivity index is 1.32. The van der Waals surface area contributed by atoms with Gasteiger partial charge in [-0.25, -0.2) is 9.78 Å². The maximum Gasteiger partial charge on any atom is 0.326 e. The fourth-order valence-corrected chi connectivity index (χ4v) is 5.58. The van der Waals surface area contributed by atoms with E-state index in [0.29, 0.717) is 25.1 Å². The lowest BCUT2D eigenvalue weighted by molar-refractivity contribution is -0.143. The van der Waals surface area contributed by atoms with Gasteiger partial charge in [-0.3, -0.25) is 14.4 Å². The second-order valence-electron chi connectivity index (χ2n) is 11.0. The molecular formula is C31H35N7O6. The number of carboxylic acid groups (broad SMARTS) is 1. The molecular weight excluding hydrogens is 566 g/mol. The molecule has 3 amide bonds. The van der Waals surface area contributed by atoms with E-state index in [-0.39, 0.29) is 30.9 Å². The van der Waals surface area contributed by atoms with Crippen LogP contribution < -0.4 is 16.4 Å². The molecule has 0 radical (unpaired) electrons. The largest absolute Gasteiger partial charge is 0.508 e. The summed E-state index contributed by atoms with van der Waals surface area (Å²) in [4.78, 5) is 64.0. The number of para-hydroxylation sites is 1. The highest BCUT2D eigenvalue weighted by Gasteiger charge is 2.38. The van der Waals surface area contributed by atoms with Gasteiger partial charge in [-0.05, 0) is 48.6 Å². The number of fused-ring (bicyclic) bond motifs is 1. The number of imidazole rings is 1. The molecule has 1 saturated heterocycles. The third kappa shape index (κ3) is 7.06. The van der Waals surface area contributed by atoms with Gasteiger partial charge >= 0.3 is 5.97 Å². The Morgan fingerprint density at radius 2 is 1.77 bits per heavy atom. The molecule has 13 heteroatoms. The van der Waals surface area contributed by atoms with Crippen LogP contribution in [-0.2, 0) is 38.4 Å². The second kappa shape index (κ2) is 13.4. The lowest BCUT2D eigenvalue weighted by Crippen LogP contribution is -2.57. The van der Waals surface area contributed by atoms with Crippen molar-refractivity contribution in [1.82, 2.24) is 30.5 Å². The van der Waals surface area contributed by atoms with Crippen molar-refractivity contribution < 1.29 is 29.4 Å². The smallest absolute Gasteiger partial charge is 0.326 e. The average Bonchev–Trinajstić information content (AvgIpc) is 3.79. The first-order chi connectivity index (χ1) is 21.2. The summed E-state index contributed by atoms with van der Waals surface area (Å²) >= 11 is 0. The molecule has 230 valence electrons. The minimum Gasteiger partial charge on any atom is -0.508 e. The van der Waals surface area contributed by atoms with Crippen LogP contribution in [0, 0.1) is 0 Å². The van der Waals surface area contributed by atoms with Crippen molar-refractivity contribution in [2.45, 2.75) is 56.3 Å². The molecule has 4 unspecified atom stereocenters. The van der Waals surface area contributed by atoms with Crippen LogP contribution in [0.15, 0.2) is 67.3 Å². The molecule has 0 spiro atoms. The zero-order chi connectivity index (χ0) is 31.2. The van der Waals surface area contributed by atoms with Gasteiger partial charge in [-0.15, -0.1) is 0 Å². The van der Waals surface area contributed by atoms with E-state index in [2.05, 4.69) is 25.6 Å². The van der Waals surface area contributed by atoms with Crippen LogP contribution in [0.2, 0.25) is 0 Å². The maximum atomic E-state index is 13.7. The van der Waals surface area contributed by atoms with Crippen LogP contribution in [-0.4, -0.2) is 84.5 Å². The van der Waals surface area contributed by atoms with E-state index in [1.165, 1.54) is 29.6 Å². The second-order valence-corrected chi connectivity index (χ2v) is 11.0. The van der Waals surface area contributed by atoms with Crippen molar-refractivity contribution in [3.8, 4) is 5.75 Å². The number of phenols is 1. The number of hydrogen-bond acceptors (Lipinski definition) is 7. The summed E-state index contributed by atoms with van der Waals surface area (Å²) in [5.74, 6) is -2.71. The molecule has 5 rings (SSSR count). The molecule has 4 aromatic rings. The highest BCUT2D eigenvalue weighted by molar-refractivity contribution is 5.95. The quantitative estimate of drug-likeness (QED) is 0.124. The zero-order valence-corrected chi connectivity index (χ0v) is 23.9. The van der Waals surface area contributed by atoms with E-state index in [9.17, 15) is 29.4 Å². The van der Waals surface area contributed by atoms with Crippen LogP contribution >= 0.6 is 0 Å². The molecule has 2 aromatic carbocycles. The van der Waals surface area contributed by atoms with Crippen molar-refractivity contribution >= 4 is 34.6 Å². The molecule has 2 aromatic heterocycles. The zero-order valence-electron chi connectivity index (χ0n) is 23.9. The van der Waals surface area contributed by atoms with Crippen LogP contribution in [0.5, 0.6) is 5.75 Å². The molecule has 0 bridgehead atoms. The maximum absolute atomic E-state index is 13.7. The number of carbonyl (C=O) groups is 4. The lowest BCUT2D eigenvalue weighted by Gasteiger charge is -2.28. The van der Waals surface area contributed by atoms with Gasteiger partial charge in [-0.1, -0.05) is 30.3 Å². The van der Waals surface area contributed by atoms with Crippen molar-refractivity contribution in [3.05, 3.63) is 84.1 Å². The Hall–Kier alpha value is -5.17. The van der Waals surface area contributed by atoms with Crippen LogP contribution in [0.3, 0.4) is 0 Å². The predicted octanol–water partition coefficient (Wildman–Crippen LogP) is 0.997. The first kappa shape index (κ1) is 30.3. The van der Waals surface area contributed by atoms with Crippen molar-refractivity contribution in [2.75, 3.05) is 6.54 Å². The third-order valence-corrected chi connectivity index (χ3v) is 7.87. The number of aromatic nitrogens is 3. The number of aromatic hydroxyl groups is 1. The Labute approximate surface area is 252 Å². The highest BCUT2D eigenvalue weighted by atomic mass is 16.4. The molecule has 8 N–H and O–H groups in total. The average molecular weight is 602 g/mol. The summed E-state index contributed by atoms with van der Waals surface area (Å²) < 4.78 is 0. The van der Waals surface area contributed by atoms with Gasteiger partial charge in [0.05, 0.1) is 12.4 Å². The Morgan fingerprint density at radius 1 is 1.00 bits per heavy atom. The minimum atomic E-state index is -1.27. The van der Waals surface area contributed by atoms with Crippen molar-refractivity contribution in [3.63, 3.8) is 0 Å². The number of aromatic amines is 2. The van der Waals surface area contributed by atoms with Gasteiger partial charge in [0, 0.05) is 48.4 Å². The predicted molar refractivity (Wildman–Crippen MR) is 160 cm³/mol. The van der Waals surface area contributed by atoms with E-state index in [4.69, 9.17) is 5.73 Å². The summed E-state index contributed by atoms with van der Waals surface area (Å²) in [6.45, 7) is 0.338. The summed E-state index contributed by atoms with van der Waals surface area (Å²) in [5, 5.41) is 25.6. The molecule has 1 aliphatic heterocycles.